The minimum absolute atomic E-state index is 0.336. The highest BCUT2D eigenvalue weighted by molar-refractivity contribution is 6.70. The van der Waals surface area contributed by atoms with Gasteiger partial charge in [0.1, 0.15) is 5.75 Å². The van der Waals surface area contributed by atoms with Crippen LogP contribution in [0.3, 0.4) is 0 Å². The van der Waals surface area contributed by atoms with Crippen molar-refractivity contribution in [1.29, 1.82) is 0 Å². The molecule has 18 heavy (non-hydrogen) atoms. The number of hydrogen-bond acceptors (Lipinski definition) is 1. The van der Waals surface area contributed by atoms with E-state index >= 15 is 0 Å². The van der Waals surface area contributed by atoms with Crippen molar-refractivity contribution in [3.05, 3.63) is 24.3 Å². The molecular weight excluding hydrogens is 252 g/mol. The fourth-order valence-corrected chi connectivity index (χ4v) is 4.08. The Labute approximate surface area is 116 Å². The molecule has 0 aliphatic carbocycles. The molecule has 1 aromatic rings. The molecule has 0 N–H and O–H groups in total. The first-order valence-corrected chi connectivity index (χ1v) is 13.3. The Morgan fingerprint density at radius 3 is 2.44 bits per heavy atom. The molecule has 0 unspecified atom stereocenters. The summed E-state index contributed by atoms with van der Waals surface area (Å²) >= 11 is 0. The number of rotatable bonds is 8. The van der Waals surface area contributed by atoms with Gasteiger partial charge in [0.05, 0.1) is 15.4 Å². The Hall–Kier alpha value is -0.546. The van der Waals surface area contributed by atoms with E-state index in [1.54, 1.807) is 0 Å². The highest BCUT2D eigenvalue weighted by atomic mass is 28.3. The van der Waals surface area contributed by atoms with E-state index < -0.39 is 8.80 Å². The van der Waals surface area contributed by atoms with E-state index in [0.29, 0.717) is 0 Å². The number of unbranched alkanes of at least 4 members (excludes halogenated alkanes) is 2. The van der Waals surface area contributed by atoms with Gasteiger partial charge < -0.3 is 4.74 Å². The molecule has 0 fully saturated rings. The fourth-order valence-electron chi connectivity index (χ4n) is 1.98. The van der Waals surface area contributed by atoms with Crippen LogP contribution in [0.5, 0.6) is 5.75 Å². The lowest BCUT2D eigenvalue weighted by molar-refractivity contribution is 0.306. The van der Waals surface area contributed by atoms with Crippen LogP contribution in [0.4, 0.5) is 0 Å². The molecule has 0 aromatic heterocycles. The highest BCUT2D eigenvalue weighted by Crippen LogP contribution is 2.10. The zero-order valence-corrected chi connectivity index (χ0v) is 14.7. The predicted octanol–water partition coefficient (Wildman–Crippen LogP) is 3.42. The van der Waals surface area contributed by atoms with Gasteiger partial charge in [0.2, 0.25) is 0 Å². The molecule has 102 valence electrons. The molecule has 0 saturated carbocycles. The quantitative estimate of drug-likeness (QED) is 0.524. The molecule has 1 nitrogen and oxygen atoms in total. The molecule has 0 aliphatic rings. The summed E-state index contributed by atoms with van der Waals surface area (Å²) in [7, 11) is -1.03. The van der Waals surface area contributed by atoms with Gasteiger partial charge in [-0.05, 0) is 18.6 Å². The third kappa shape index (κ3) is 6.40. The van der Waals surface area contributed by atoms with Crippen LogP contribution in [0.15, 0.2) is 24.3 Å². The van der Waals surface area contributed by atoms with Gasteiger partial charge >= 0.3 is 0 Å². The van der Waals surface area contributed by atoms with Crippen LogP contribution in [-0.2, 0) is 0 Å². The summed E-state index contributed by atoms with van der Waals surface area (Å²) in [6.45, 7) is 10.4. The predicted molar refractivity (Wildman–Crippen MR) is 88.0 cm³/mol. The molecule has 1 rings (SSSR count). The van der Waals surface area contributed by atoms with E-state index in [1.165, 1.54) is 30.5 Å². The molecule has 0 heterocycles. The van der Waals surface area contributed by atoms with Crippen LogP contribution in [0, 0.1) is 0 Å². The van der Waals surface area contributed by atoms with E-state index in [-0.39, 0.29) is 8.80 Å². The molecule has 0 spiro atoms. The summed E-state index contributed by atoms with van der Waals surface area (Å²) in [5.74, 6) is 1.06. The highest BCUT2D eigenvalue weighted by Gasteiger charge is 2.02. The van der Waals surface area contributed by atoms with Crippen LogP contribution in [-0.4, -0.2) is 24.2 Å². The largest absolute Gasteiger partial charge is 0.494 e. The van der Waals surface area contributed by atoms with Crippen molar-refractivity contribution in [2.75, 3.05) is 6.61 Å². The Morgan fingerprint density at radius 2 is 1.78 bits per heavy atom. The molecule has 1 aromatic carbocycles. The Morgan fingerprint density at radius 1 is 1.00 bits per heavy atom. The van der Waals surface area contributed by atoms with E-state index in [1.807, 2.05) is 0 Å². The maximum Gasteiger partial charge on any atom is 0.119 e. The summed E-state index contributed by atoms with van der Waals surface area (Å²) < 4.78 is 5.84. The average Bonchev–Trinajstić information content (AvgIpc) is 2.33. The summed E-state index contributed by atoms with van der Waals surface area (Å²) in [5.41, 5.74) is 0. The summed E-state index contributed by atoms with van der Waals surface area (Å²) in [5, 5.41) is 1.50. The lowest BCUT2D eigenvalue weighted by atomic mass is 10.2. The van der Waals surface area contributed by atoms with Crippen LogP contribution in [0.1, 0.15) is 19.3 Å². The van der Waals surface area contributed by atoms with Crippen LogP contribution >= 0.6 is 0 Å². The summed E-state index contributed by atoms with van der Waals surface area (Å²) in [6.07, 6.45) is 3.92. The van der Waals surface area contributed by atoms with Crippen molar-refractivity contribution >= 4 is 22.8 Å². The minimum Gasteiger partial charge on any atom is -0.494 e. The van der Waals surface area contributed by atoms with Crippen molar-refractivity contribution in [1.82, 2.24) is 0 Å². The second-order valence-electron chi connectivity index (χ2n) is 5.82. The van der Waals surface area contributed by atoms with Crippen molar-refractivity contribution in [2.24, 2.45) is 0 Å². The number of hydrogen-bond donors (Lipinski definition) is 0. The van der Waals surface area contributed by atoms with Gasteiger partial charge in [-0.2, -0.15) is 0 Å². The average molecular weight is 281 g/mol. The Kier molecular flexibility index (Phi) is 7.36. The van der Waals surface area contributed by atoms with Gasteiger partial charge in [-0.1, -0.05) is 62.4 Å². The second kappa shape index (κ2) is 8.54. The normalized spacial score (nSPS) is 11.2. The first-order valence-electron chi connectivity index (χ1n) is 7.32. The molecule has 3 heteroatoms. The van der Waals surface area contributed by atoms with Crippen LogP contribution in [0.2, 0.25) is 32.2 Å². The fraction of sp³-hybridized carbons (Fsp3) is 0.600. The standard InChI is InChI=1S/C15H28OSi2/c1-17(2)12-7-5-6-11-16-14-9-8-10-15(13-14)18(3)4/h8-10,13,17-18H,5-7,11-12H2,1-4H3. The smallest absolute Gasteiger partial charge is 0.119 e. The molecule has 0 aliphatic heterocycles. The lowest BCUT2D eigenvalue weighted by Gasteiger charge is -2.09. The van der Waals surface area contributed by atoms with E-state index in [0.717, 1.165) is 12.4 Å². The monoisotopic (exact) mass is 280 g/mol. The molecule has 0 amide bonds. The first kappa shape index (κ1) is 15.5. The zero-order chi connectivity index (χ0) is 13.4. The van der Waals surface area contributed by atoms with Gasteiger partial charge in [-0.25, -0.2) is 0 Å². The van der Waals surface area contributed by atoms with Crippen LogP contribution < -0.4 is 9.92 Å². The number of ether oxygens (including phenoxy) is 1. The maximum absolute atomic E-state index is 5.84. The third-order valence-electron chi connectivity index (χ3n) is 3.22. The van der Waals surface area contributed by atoms with Gasteiger partial charge in [0.15, 0.2) is 0 Å². The van der Waals surface area contributed by atoms with E-state index in [4.69, 9.17) is 4.74 Å². The summed E-state index contributed by atoms with van der Waals surface area (Å²) in [4.78, 5) is 0. The van der Waals surface area contributed by atoms with Gasteiger partial charge in [0, 0.05) is 8.80 Å². The van der Waals surface area contributed by atoms with Crippen LogP contribution in [0.25, 0.3) is 0 Å². The molecule has 0 saturated heterocycles. The lowest BCUT2D eigenvalue weighted by Crippen LogP contribution is -2.22. The topological polar surface area (TPSA) is 9.23 Å². The maximum atomic E-state index is 5.84. The van der Waals surface area contributed by atoms with Gasteiger partial charge in [0.25, 0.3) is 0 Å². The van der Waals surface area contributed by atoms with Crippen molar-refractivity contribution in [2.45, 2.75) is 51.5 Å². The van der Waals surface area contributed by atoms with Gasteiger partial charge in [-0.3, -0.25) is 0 Å². The molecule has 0 radical (unpaired) electrons. The van der Waals surface area contributed by atoms with E-state index in [9.17, 15) is 0 Å². The van der Waals surface area contributed by atoms with Crippen molar-refractivity contribution < 1.29 is 4.74 Å². The SMILES string of the molecule is C[SiH](C)CCCCCOc1cccc([SiH](C)C)c1. The minimum atomic E-state index is -0.696. The summed E-state index contributed by atoms with van der Waals surface area (Å²) in [6, 6.07) is 10.2. The van der Waals surface area contributed by atoms with E-state index in [2.05, 4.69) is 50.5 Å². The Balaban J connectivity index is 2.21. The van der Waals surface area contributed by atoms with Gasteiger partial charge in [-0.15, -0.1) is 0 Å². The Bertz CT molecular complexity index is 337. The van der Waals surface area contributed by atoms with Crippen molar-refractivity contribution in [3.8, 4) is 5.75 Å². The first-order chi connectivity index (χ1) is 8.59. The second-order valence-corrected chi connectivity index (χ2v) is 12.2. The number of benzene rings is 1. The zero-order valence-electron chi connectivity index (χ0n) is 12.4. The molecule has 0 atom stereocenters. The molecule has 0 bridgehead atoms. The molecular formula is C15H28OSi2. The van der Waals surface area contributed by atoms with Crippen molar-refractivity contribution in [3.63, 3.8) is 0 Å². The third-order valence-corrected chi connectivity index (χ3v) is 6.47.